The summed E-state index contributed by atoms with van der Waals surface area (Å²) in [6.07, 6.45) is -4.17. The van der Waals surface area contributed by atoms with Crippen LogP contribution in [0.4, 0.5) is 10.5 Å². The van der Waals surface area contributed by atoms with E-state index in [9.17, 15) is 25.0 Å². The summed E-state index contributed by atoms with van der Waals surface area (Å²) >= 11 is 0. The number of nitro benzene ring substituents is 1. The molecule has 2 saturated heterocycles. The molecule has 25 heavy (non-hydrogen) atoms. The molecule has 12 nitrogen and oxygen atoms in total. The molecule has 4 unspecified atom stereocenters. The van der Waals surface area contributed by atoms with Crippen LogP contribution in [-0.4, -0.2) is 53.8 Å². The first-order valence-corrected chi connectivity index (χ1v) is 7.11. The number of non-ortho nitro benzene ring substituents is 1. The van der Waals surface area contributed by atoms with Gasteiger partial charge in [0, 0.05) is 12.1 Å². The summed E-state index contributed by atoms with van der Waals surface area (Å²) in [4.78, 5) is 36.6. The average Bonchev–Trinajstić information content (AvgIpc) is 3.11. The number of rotatable bonds is 5. The fourth-order valence-electron chi connectivity index (χ4n) is 2.61. The molecule has 3 rings (SSSR count). The lowest BCUT2D eigenvalue weighted by Crippen LogP contribution is -2.36. The van der Waals surface area contributed by atoms with E-state index in [0.29, 0.717) is 0 Å². The minimum Gasteiger partial charge on any atom is -0.425 e. The quantitative estimate of drug-likeness (QED) is 0.321. The molecular formula is C13H12N2O10. The summed E-state index contributed by atoms with van der Waals surface area (Å²) in [7, 11) is 0. The monoisotopic (exact) mass is 356 g/mol. The summed E-state index contributed by atoms with van der Waals surface area (Å²) < 4.78 is 20.7. The number of hydrogen-bond donors (Lipinski definition) is 0. The molecule has 0 saturated carbocycles. The highest BCUT2D eigenvalue weighted by Gasteiger charge is 2.51. The maximum Gasteiger partial charge on any atom is 0.514 e. The van der Waals surface area contributed by atoms with Gasteiger partial charge in [-0.3, -0.25) is 10.1 Å². The van der Waals surface area contributed by atoms with Gasteiger partial charge in [-0.15, -0.1) is 10.1 Å². The maximum absolute atomic E-state index is 11.8. The lowest BCUT2D eigenvalue weighted by atomic mass is 10.1. The minimum absolute atomic E-state index is 0.0255. The number of nitro groups is 1. The second-order valence-corrected chi connectivity index (χ2v) is 5.22. The van der Waals surface area contributed by atoms with Crippen LogP contribution >= 0.6 is 0 Å². The van der Waals surface area contributed by atoms with Gasteiger partial charge in [-0.1, -0.05) is 0 Å². The number of carbonyl (C=O) groups excluding carboxylic acids is 1. The zero-order valence-electron chi connectivity index (χ0n) is 12.5. The van der Waals surface area contributed by atoms with Gasteiger partial charge >= 0.3 is 6.16 Å². The fourth-order valence-corrected chi connectivity index (χ4v) is 2.61. The van der Waals surface area contributed by atoms with Crippen molar-refractivity contribution in [2.24, 2.45) is 0 Å². The van der Waals surface area contributed by atoms with Gasteiger partial charge in [0.2, 0.25) is 0 Å². The van der Waals surface area contributed by atoms with E-state index in [1.165, 1.54) is 24.3 Å². The fraction of sp³-hybridized carbons (Fsp3) is 0.462. The Morgan fingerprint density at radius 3 is 2.24 bits per heavy atom. The van der Waals surface area contributed by atoms with Gasteiger partial charge in [0.1, 0.15) is 18.0 Å². The predicted octanol–water partition coefficient (Wildman–Crippen LogP) is 0.853. The Bertz CT molecular complexity index is 678. The molecule has 0 bridgehead atoms. The molecule has 2 aliphatic rings. The van der Waals surface area contributed by atoms with E-state index in [4.69, 9.17) is 18.9 Å². The lowest BCUT2D eigenvalue weighted by molar-refractivity contribution is -0.769. The molecule has 0 aromatic heterocycles. The van der Waals surface area contributed by atoms with Crippen LogP contribution in [0.1, 0.15) is 0 Å². The summed E-state index contributed by atoms with van der Waals surface area (Å²) in [5.74, 6) is 0.0629. The highest BCUT2D eigenvalue weighted by Crippen LogP contribution is 2.31. The van der Waals surface area contributed by atoms with Gasteiger partial charge in [0.05, 0.1) is 18.1 Å². The molecule has 12 heteroatoms. The Labute approximate surface area is 139 Å². The Hall–Kier alpha value is -2.99. The van der Waals surface area contributed by atoms with Crippen molar-refractivity contribution < 1.29 is 38.6 Å². The van der Waals surface area contributed by atoms with E-state index >= 15 is 0 Å². The molecule has 2 heterocycles. The number of benzene rings is 1. The second kappa shape index (κ2) is 6.86. The van der Waals surface area contributed by atoms with Gasteiger partial charge in [0.15, 0.2) is 12.2 Å². The van der Waals surface area contributed by atoms with E-state index in [-0.39, 0.29) is 24.7 Å². The third-order valence-corrected chi connectivity index (χ3v) is 3.68. The van der Waals surface area contributed by atoms with Crippen LogP contribution in [0.2, 0.25) is 0 Å². The minimum atomic E-state index is -1.05. The molecular weight excluding hydrogens is 344 g/mol. The molecule has 1 aromatic carbocycles. The van der Waals surface area contributed by atoms with Crippen molar-refractivity contribution in [3.05, 3.63) is 44.5 Å². The van der Waals surface area contributed by atoms with Crippen LogP contribution in [0.15, 0.2) is 24.3 Å². The van der Waals surface area contributed by atoms with Gasteiger partial charge in [-0.2, -0.15) is 0 Å². The van der Waals surface area contributed by atoms with Crippen molar-refractivity contribution in [3.8, 4) is 5.75 Å². The van der Waals surface area contributed by atoms with E-state index < -0.39 is 40.6 Å². The van der Waals surface area contributed by atoms with Crippen molar-refractivity contribution in [1.82, 2.24) is 0 Å². The largest absolute Gasteiger partial charge is 0.514 e. The first kappa shape index (κ1) is 16.9. The Kier molecular flexibility index (Phi) is 4.63. The van der Waals surface area contributed by atoms with Crippen molar-refractivity contribution in [3.63, 3.8) is 0 Å². The van der Waals surface area contributed by atoms with E-state index in [0.717, 1.165) is 0 Å². The number of carbonyl (C=O) groups is 1. The second-order valence-electron chi connectivity index (χ2n) is 5.22. The molecule has 2 aliphatic heterocycles. The van der Waals surface area contributed by atoms with Crippen LogP contribution in [0.5, 0.6) is 5.75 Å². The molecule has 134 valence electrons. The highest BCUT2D eigenvalue weighted by molar-refractivity contribution is 5.64. The van der Waals surface area contributed by atoms with Crippen LogP contribution in [0, 0.1) is 20.2 Å². The van der Waals surface area contributed by atoms with Crippen molar-refractivity contribution in [2.45, 2.75) is 24.4 Å². The molecule has 1 aromatic rings. The Morgan fingerprint density at radius 1 is 1.04 bits per heavy atom. The smallest absolute Gasteiger partial charge is 0.425 e. The maximum atomic E-state index is 11.8. The van der Waals surface area contributed by atoms with Gasteiger partial charge < -0.3 is 23.8 Å². The number of fused-ring (bicyclic) bond motifs is 1. The number of ether oxygens (including phenoxy) is 4. The van der Waals surface area contributed by atoms with Crippen molar-refractivity contribution in [1.29, 1.82) is 0 Å². The average molecular weight is 356 g/mol. The predicted molar refractivity (Wildman–Crippen MR) is 75.3 cm³/mol. The topological polar surface area (TPSA) is 150 Å². The zero-order chi connectivity index (χ0) is 18.0. The molecule has 0 amide bonds. The van der Waals surface area contributed by atoms with Crippen molar-refractivity contribution >= 4 is 11.8 Å². The zero-order valence-corrected chi connectivity index (χ0v) is 12.5. The molecule has 2 fully saturated rings. The Morgan fingerprint density at radius 2 is 1.64 bits per heavy atom. The molecule has 0 aliphatic carbocycles. The molecule has 0 spiro atoms. The van der Waals surface area contributed by atoms with Crippen LogP contribution in [0.25, 0.3) is 0 Å². The molecule has 4 atom stereocenters. The van der Waals surface area contributed by atoms with E-state index in [1.807, 2.05) is 0 Å². The van der Waals surface area contributed by atoms with Gasteiger partial charge in [-0.25, -0.2) is 4.79 Å². The van der Waals surface area contributed by atoms with Gasteiger partial charge in [0.25, 0.3) is 10.8 Å². The van der Waals surface area contributed by atoms with Crippen LogP contribution in [0.3, 0.4) is 0 Å². The SMILES string of the molecule is O=C(Oc1ccc([N+](=O)[O-])cc1)OC1COC2C(O[N+](=O)[O-])COC12. The molecule has 0 radical (unpaired) electrons. The summed E-state index contributed by atoms with van der Waals surface area (Å²) in [6, 6.07) is 4.86. The summed E-state index contributed by atoms with van der Waals surface area (Å²) in [6.45, 7) is -0.0875. The lowest BCUT2D eigenvalue weighted by Gasteiger charge is -2.16. The van der Waals surface area contributed by atoms with Gasteiger partial charge in [-0.05, 0) is 12.1 Å². The van der Waals surface area contributed by atoms with Crippen LogP contribution < -0.4 is 4.74 Å². The first-order valence-electron chi connectivity index (χ1n) is 7.11. The summed E-state index contributed by atoms with van der Waals surface area (Å²) in [5, 5.41) is 20.0. The third-order valence-electron chi connectivity index (χ3n) is 3.68. The Balaban J connectivity index is 1.53. The first-order chi connectivity index (χ1) is 11.9. The number of nitrogens with zero attached hydrogens (tertiary/aromatic N) is 2. The van der Waals surface area contributed by atoms with E-state index in [1.54, 1.807) is 0 Å². The van der Waals surface area contributed by atoms with Crippen molar-refractivity contribution in [2.75, 3.05) is 13.2 Å². The number of hydrogen-bond acceptors (Lipinski definition) is 10. The molecule has 0 N–H and O–H groups in total. The normalized spacial score (nSPS) is 27.4. The van der Waals surface area contributed by atoms with E-state index in [2.05, 4.69) is 4.84 Å². The summed E-state index contributed by atoms with van der Waals surface area (Å²) in [5.41, 5.74) is -0.149. The third kappa shape index (κ3) is 3.75. The van der Waals surface area contributed by atoms with Crippen LogP contribution in [-0.2, 0) is 19.0 Å². The standard InChI is InChI=1S/C13H12N2O10/c16-13(23-8-3-1-7(2-4-8)14(17)18)24-9-5-21-12-10(25-15(19)20)6-22-11(9)12/h1-4,9-12H,5-6H2. The highest BCUT2D eigenvalue weighted by atomic mass is 17.0.